The number of hydrogen-bond donors (Lipinski definition) is 3. The molecule has 1 unspecified atom stereocenters. The molecule has 18 heteroatoms. The molecule has 5 atom stereocenters. The number of sulfonamides is 1. The molecular formula is C40H50F3N5O9S. The Morgan fingerprint density at radius 2 is 1.88 bits per heavy atom. The summed E-state index contributed by atoms with van der Waals surface area (Å²) in [4.78, 5) is 61.4. The zero-order chi connectivity index (χ0) is 41.8. The van der Waals surface area contributed by atoms with Crippen LogP contribution in [0.1, 0.15) is 96.2 Å². The van der Waals surface area contributed by atoms with Gasteiger partial charge in [-0.15, -0.1) is 0 Å². The maximum Gasteiger partial charge on any atom is 0.437 e. The van der Waals surface area contributed by atoms with Crippen LogP contribution in [-0.2, 0) is 41.7 Å². The Hall–Kier alpha value is -4.61. The van der Waals surface area contributed by atoms with Crippen LogP contribution in [0.5, 0.6) is 11.5 Å². The highest BCUT2D eigenvalue weighted by Gasteiger charge is 2.64. The summed E-state index contributed by atoms with van der Waals surface area (Å²) in [6.45, 7) is 4.99. The molecule has 4 amide bonds. The molecule has 1 aromatic carbocycles. The second kappa shape index (κ2) is 15.2. The second-order valence-corrected chi connectivity index (χ2v) is 19.2. The fourth-order valence-corrected chi connectivity index (χ4v) is 9.57. The SMILES string of the molecule is COc1ccc2nc(C(F)(F)F)c3c(c2c1)CC[C@]1(C[C@H]2C(=O)N[C@]4(C(=O)NS(=O)(=O)C5(C)CC5)CC4/C=C\CCCCC[C@H](NC(=O)OCC(C)C)C(=O)N2C1)O3. The van der Waals surface area contributed by atoms with E-state index in [1.54, 1.807) is 12.1 Å². The third kappa shape index (κ3) is 8.04. The Labute approximate surface area is 335 Å². The molecule has 5 aliphatic rings. The molecule has 2 aliphatic carbocycles. The standard InChI is InChI=1S/C40H50F3N5O9S/c1-23(2)21-56-36(52)45-29-11-9-7-5-6-8-10-24-19-39(24,35(51)47-58(53,54)37(3)16-17-37)46-33(49)30-20-38(22-48(30)34(29)50)15-14-26-27-18-25(55-4)12-13-28(27)44-32(31(26)57-38)40(41,42)43/h8,10,12-13,18,23-24,29-30H,5-7,9,11,14-17,19-22H2,1-4H3,(H,45,52)(H,46,49)(H,47,51)/b10-8-/t24?,29-,30-,38+,39+/m0/s1. The summed E-state index contributed by atoms with van der Waals surface area (Å²) < 4.78 is 88.7. The van der Waals surface area contributed by atoms with E-state index in [0.717, 1.165) is 0 Å². The highest BCUT2D eigenvalue weighted by atomic mass is 32.2. The maximum atomic E-state index is 14.7. The van der Waals surface area contributed by atoms with Gasteiger partial charge in [-0.3, -0.25) is 19.1 Å². The maximum absolute atomic E-state index is 14.7. The van der Waals surface area contributed by atoms with E-state index < -0.39 is 85.3 Å². The molecule has 1 spiro atoms. The van der Waals surface area contributed by atoms with Gasteiger partial charge in [-0.25, -0.2) is 18.2 Å². The van der Waals surface area contributed by atoms with Crippen molar-refractivity contribution in [2.75, 3.05) is 20.3 Å². The molecule has 1 aromatic heterocycles. The summed E-state index contributed by atoms with van der Waals surface area (Å²) in [6.07, 6.45) is 1.32. The molecule has 2 saturated carbocycles. The summed E-state index contributed by atoms with van der Waals surface area (Å²) in [7, 11) is -2.65. The predicted octanol–water partition coefficient (Wildman–Crippen LogP) is 5.07. The first-order valence-electron chi connectivity index (χ1n) is 19.9. The number of hydrogen-bond acceptors (Lipinski definition) is 10. The molecule has 0 bridgehead atoms. The number of nitrogens with one attached hydrogen (secondary N) is 3. The number of alkyl halides is 3. The van der Waals surface area contributed by atoms with Crippen LogP contribution < -0.4 is 24.8 Å². The molecule has 4 heterocycles. The number of allylic oxidation sites excluding steroid dienone is 1. The average molecular weight is 834 g/mol. The van der Waals surface area contributed by atoms with Crippen molar-refractivity contribution in [3.05, 3.63) is 41.6 Å². The molecule has 58 heavy (non-hydrogen) atoms. The number of aromatic nitrogens is 1. The summed E-state index contributed by atoms with van der Waals surface area (Å²) in [6, 6.07) is 1.98. The number of rotatable bonds is 7. The van der Waals surface area contributed by atoms with Gasteiger partial charge < -0.3 is 29.7 Å². The van der Waals surface area contributed by atoms with E-state index >= 15 is 0 Å². The van der Waals surface area contributed by atoms with E-state index in [0.29, 0.717) is 49.7 Å². The molecule has 3 N–H and O–H groups in total. The predicted molar refractivity (Wildman–Crippen MR) is 204 cm³/mol. The first kappa shape index (κ1) is 41.5. The summed E-state index contributed by atoms with van der Waals surface area (Å²) >= 11 is 0. The van der Waals surface area contributed by atoms with Crippen molar-refractivity contribution in [2.45, 2.75) is 126 Å². The lowest BCUT2D eigenvalue weighted by Gasteiger charge is -2.37. The Morgan fingerprint density at radius 3 is 2.57 bits per heavy atom. The molecule has 3 aliphatic heterocycles. The Morgan fingerprint density at radius 1 is 1.12 bits per heavy atom. The lowest BCUT2D eigenvalue weighted by atomic mass is 9.87. The number of fused-ring (bicyclic) bond motifs is 5. The zero-order valence-corrected chi connectivity index (χ0v) is 33.8. The topological polar surface area (TPSA) is 182 Å². The van der Waals surface area contributed by atoms with Gasteiger partial charge in [0.25, 0.3) is 5.91 Å². The van der Waals surface area contributed by atoms with E-state index in [1.807, 2.05) is 19.9 Å². The Bertz CT molecular complexity index is 2140. The molecule has 7 rings (SSSR count). The Kier molecular flexibility index (Phi) is 10.9. The number of pyridine rings is 1. The van der Waals surface area contributed by atoms with Gasteiger partial charge in [0.2, 0.25) is 21.8 Å². The van der Waals surface area contributed by atoms with Crippen molar-refractivity contribution < 1.29 is 55.0 Å². The fraction of sp³-hybridized carbons (Fsp3) is 0.625. The van der Waals surface area contributed by atoms with Gasteiger partial charge >= 0.3 is 12.3 Å². The van der Waals surface area contributed by atoms with Gasteiger partial charge in [-0.2, -0.15) is 13.2 Å². The summed E-state index contributed by atoms with van der Waals surface area (Å²) in [5.74, 6) is -3.05. The minimum atomic E-state index is -4.93. The molecule has 1 saturated heterocycles. The second-order valence-electron chi connectivity index (χ2n) is 17.0. The van der Waals surface area contributed by atoms with Crippen LogP contribution >= 0.6 is 0 Å². The van der Waals surface area contributed by atoms with Crippen molar-refractivity contribution in [2.24, 2.45) is 11.8 Å². The van der Waals surface area contributed by atoms with Gasteiger partial charge in [0.15, 0.2) is 11.4 Å². The number of carbonyl (C=O) groups is 4. The number of amides is 4. The minimum absolute atomic E-state index is 0.00691. The van der Waals surface area contributed by atoms with E-state index in [2.05, 4.69) is 20.3 Å². The number of halogens is 3. The van der Waals surface area contributed by atoms with Gasteiger partial charge in [-0.05, 0) is 82.4 Å². The van der Waals surface area contributed by atoms with Crippen LogP contribution in [0.15, 0.2) is 30.4 Å². The molecule has 14 nitrogen and oxygen atoms in total. The van der Waals surface area contributed by atoms with E-state index in [1.165, 1.54) is 31.1 Å². The van der Waals surface area contributed by atoms with Crippen molar-refractivity contribution >= 4 is 44.7 Å². The van der Waals surface area contributed by atoms with Crippen LogP contribution in [0, 0.1) is 11.8 Å². The Balaban J connectivity index is 1.26. The van der Waals surface area contributed by atoms with Crippen molar-refractivity contribution in [3.8, 4) is 11.5 Å². The number of alkyl carbamates (subject to hydrolysis) is 1. The fourth-order valence-electron chi connectivity index (χ4n) is 8.25. The van der Waals surface area contributed by atoms with Gasteiger partial charge in [0, 0.05) is 23.3 Å². The smallest absolute Gasteiger partial charge is 0.437 e. The van der Waals surface area contributed by atoms with Crippen LogP contribution in [0.2, 0.25) is 0 Å². The van der Waals surface area contributed by atoms with Crippen LogP contribution in [0.3, 0.4) is 0 Å². The van der Waals surface area contributed by atoms with Crippen molar-refractivity contribution in [1.82, 2.24) is 25.2 Å². The normalized spacial score (nSPS) is 28.8. The monoisotopic (exact) mass is 833 g/mol. The number of methoxy groups -OCH3 is 1. The molecule has 316 valence electrons. The van der Waals surface area contributed by atoms with E-state index in [-0.39, 0.29) is 62.3 Å². The number of nitrogens with zero attached hydrogens (tertiary/aromatic N) is 2. The highest BCUT2D eigenvalue weighted by Crippen LogP contribution is 2.50. The first-order chi connectivity index (χ1) is 27.3. The highest BCUT2D eigenvalue weighted by molar-refractivity contribution is 7.91. The van der Waals surface area contributed by atoms with E-state index in [4.69, 9.17) is 14.2 Å². The molecular weight excluding hydrogens is 784 g/mol. The lowest BCUT2D eigenvalue weighted by molar-refractivity contribution is -0.144. The van der Waals surface area contributed by atoms with Gasteiger partial charge in [0.1, 0.15) is 29.0 Å². The third-order valence-corrected chi connectivity index (χ3v) is 14.3. The quantitative estimate of drug-likeness (QED) is 0.319. The van der Waals surface area contributed by atoms with E-state index in [9.17, 15) is 40.8 Å². The number of aryl methyl sites for hydroxylation is 1. The summed E-state index contributed by atoms with van der Waals surface area (Å²) in [5, 5.41) is 5.85. The third-order valence-electron chi connectivity index (χ3n) is 12.1. The largest absolute Gasteiger partial charge is 0.497 e. The lowest BCUT2D eigenvalue weighted by Crippen LogP contribution is -2.58. The van der Waals surface area contributed by atoms with Crippen LogP contribution in [-0.4, -0.2) is 90.3 Å². The van der Waals surface area contributed by atoms with Crippen LogP contribution in [0.25, 0.3) is 10.9 Å². The number of ether oxygens (including phenoxy) is 3. The van der Waals surface area contributed by atoms with Crippen LogP contribution in [0.4, 0.5) is 18.0 Å². The summed E-state index contributed by atoms with van der Waals surface area (Å²) in [5.41, 5.74) is -4.09. The first-order valence-corrected chi connectivity index (χ1v) is 21.3. The molecule has 0 radical (unpaired) electrons. The van der Waals surface area contributed by atoms with Gasteiger partial charge in [0.05, 0.1) is 30.5 Å². The average Bonchev–Trinajstić information content (AvgIpc) is 4.06. The molecule has 3 fully saturated rings. The van der Waals surface area contributed by atoms with Crippen molar-refractivity contribution in [1.29, 1.82) is 0 Å². The number of benzene rings is 1. The van der Waals surface area contributed by atoms with Gasteiger partial charge in [-0.1, -0.05) is 38.8 Å². The minimum Gasteiger partial charge on any atom is -0.497 e. The molecule has 2 aromatic rings. The van der Waals surface area contributed by atoms with Crippen molar-refractivity contribution in [3.63, 3.8) is 0 Å². The number of carbonyl (C=O) groups excluding carboxylic acids is 4. The zero-order valence-electron chi connectivity index (χ0n) is 33.0.